The van der Waals surface area contributed by atoms with Crippen LogP contribution in [0.1, 0.15) is 41.6 Å². The molecule has 8 nitrogen and oxygen atoms in total. The zero-order valence-electron chi connectivity index (χ0n) is 16.8. The molecule has 1 fully saturated rings. The van der Waals surface area contributed by atoms with E-state index in [4.69, 9.17) is 0 Å². The van der Waals surface area contributed by atoms with Crippen molar-refractivity contribution in [1.29, 1.82) is 0 Å². The lowest BCUT2D eigenvalue weighted by Crippen LogP contribution is -2.45. The number of benzene rings is 2. The molecule has 4 N–H and O–H groups in total. The van der Waals surface area contributed by atoms with Gasteiger partial charge in [-0.25, -0.2) is 4.79 Å². The van der Waals surface area contributed by atoms with Crippen LogP contribution in [0.15, 0.2) is 53.3 Å². The van der Waals surface area contributed by atoms with Gasteiger partial charge in [-0.05, 0) is 61.7 Å². The summed E-state index contributed by atoms with van der Waals surface area (Å²) in [6, 6.07) is 14.2. The Hall–Kier alpha value is -3.39. The molecule has 0 aliphatic heterocycles. The zero-order chi connectivity index (χ0) is 21.1. The number of aromatic nitrogens is 3. The maximum Gasteiger partial charge on any atom is 0.349 e. The van der Waals surface area contributed by atoms with Crippen LogP contribution in [0.5, 0.6) is 0 Å². The Morgan fingerprint density at radius 2 is 1.93 bits per heavy atom. The van der Waals surface area contributed by atoms with Gasteiger partial charge in [0.15, 0.2) is 0 Å². The summed E-state index contributed by atoms with van der Waals surface area (Å²) in [6.07, 6.45) is 3.04. The monoisotopic (exact) mass is 407 g/mol. The van der Waals surface area contributed by atoms with Crippen molar-refractivity contribution in [3.05, 3.63) is 70.1 Å². The summed E-state index contributed by atoms with van der Waals surface area (Å²) in [4.78, 5) is 27.4. The molecule has 30 heavy (non-hydrogen) atoms. The summed E-state index contributed by atoms with van der Waals surface area (Å²) < 4.78 is 1.30. The first-order valence-electron chi connectivity index (χ1n) is 10.1. The minimum atomic E-state index is -0.482. The van der Waals surface area contributed by atoms with Gasteiger partial charge in [0.25, 0.3) is 5.91 Å². The van der Waals surface area contributed by atoms with Crippen molar-refractivity contribution in [2.75, 3.05) is 5.32 Å². The Kier molecular flexibility index (Phi) is 5.67. The fraction of sp³-hybridized carbons (Fsp3) is 0.318. The van der Waals surface area contributed by atoms with E-state index in [0.717, 1.165) is 31.2 Å². The van der Waals surface area contributed by atoms with E-state index in [2.05, 4.69) is 20.7 Å². The molecule has 1 heterocycles. The molecule has 3 aromatic rings. The second kappa shape index (κ2) is 8.54. The number of aliphatic hydroxyl groups is 1. The first-order chi connectivity index (χ1) is 14.5. The van der Waals surface area contributed by atoms with Gasteiger partial charge in [0.05, 0.1) is 17.8 Å². The first kappa shape index (κ1) is 19.9. The molecule has 156 valence electrons. The van der Waals surface area contributed by atoms with Crippen LogP contribution < -0.4 is 16.3 Å². The molecule has 0 bridgehead atoms. The van der Waals surface area contributed by atoms with E-state index >= 15 is 0 Å². The van der Waals surface area contributed by atoms with Crippen LogP contribution in [0, 0.1) is 6.92 Å². The number of aromatic amines is 1. The number of rotatable bonds is 5. The van der Waals surface area contributed by atoms with E-state index in [1.807, 2.05) is 31.2 Å². The molecule has 4 rings (SSSR count). The molecule has 0 saturated heterocycles. The average Bonchev–Trinajstić information content (AvgIpc) is 3.10. The van der Waals surface area contributed by atoms with Gasteiger partial charge in [-0.15, -0.1) is 5.10 Å². The SMILES string of the molecule is Cc1cccc(-n2nc(Nc3ccc(C(=O)NC4CCCCC4O)cc3)[nH]c2=O)c1. The molecule has 0 spiro atoms. The summed E-state index contributed by atoms with van der Waals surface area (Å²) in [5.41, 5.74) is 2.57. The average molecular weight is 407 g/mol. The van der Waals surface area contributed by atoms with E-state index < -0.39 is 6.10 Å². The molecule has 8 heteroatoms. The Morgan fingerprint density at radius 3 is 2.67 bits per heavy atom. The van der Waals surface area contributed by atoms with Gasteiger partial charge in [0.2, 0.25) is 5.95 Å². The van der Waals surface area contributed by atoms with Gasteiger partial charge in [-0.3, -0.25) is 9.78 Å². The molecule has 2 atom stereocenters. The van der Waals surface area contributed by atoms with Gasteiger partial charge in [-0.1, -0.05) is 25.0 Å². The van der Waals surface area contributed by atoms with E-state index in [0.29, 0.717) is 22.9 Å². The minimum Gasteiger partial charge on any atom is -0.391 e. The van der Waals surface area contributed by atoms with Crippen molar-refractivity contribution in [1.82, 2.24) is 20.1 Å². The Labute approximate surface area is 174 Å². The number of hydrogen-bond donors (Lipinski definition) is 4. The van der Waals surface area contributed by atoms with Crippen LogP contribution in [-0.4, -0.2) is 37.9 Å². The molecule has 2 aromatic carbocycles. The second-order valence-electron chi connectivity index (χ2n) is 7.66. The van der Waals surface area contributed by atoms with Crippen molar-refractivity contribution < 1.29 is 9.90 Å². The highest BCUT2D eigenvalue weighted by Gasteiger charge is 2.24. The van der Waals surface area contributed by atoms with Crippen molar-refractivity contribution in [2.45, 2.75) is 44.8 Å². The van der Waals surface area contributed by atoms with E-state index in [9.17, 15) is 14.7 Å². The molecule has 1 aliphatic rings. The number of aliphatic hydroxyl groups excluding tert-OH is 1. The Bertz CT molecular complexity index is 1090. The number of anilines is 2. The van der Waals surface area contributed by atoms with Crippen molar-refractivity contribution in [2.24, 2.45) is 0 Å². The smallest absolute Gasteiger partial charge is 0.349 e. The maximum absolute atomic E-state index is 12.5. The van der Waals surface area contributed by atoms with Crippen LogP contribution in [0.3, 0.4) is 0 Å². The van der Waals surface area contributed by atoms with Crippen LogP contribution in [-0.2, 0) is 0 Å². The summed E-state index contributed by atoms with van der Waals surface area (Å²) >= 11 is 0. The number of H-pyrrole nitrogens is 1. The second-order valence-corrected chi connectivity index (χ2v) is 7.66. The van der Waals surface area contributed by atoms with E-state index in [-0.39, 0.29) is 17.6 Å². The fourth-order valence-corrected chi connectivity index (χ4v) is 3.69. The zero-order valence-corrected chi connectivity index (χ0v) is 16.8. The highest BCUT2D eigenvalue weighted by Crippen LogP contribution is 2.19. The molecule has 1 saturated carbocycles. The largest absolute Gasteiger partial charge is 0.391 e. The lowest BCUT2D eigenvalue weighted by atomic mass is 9.92. The number of hydrogen-bond acceptors (Lipinski definition) is 5. The van der Waals surface area contributed by atoms with Gasteiger partial charge in [0.1, 0.15) is 0 Å². The third kappa shape index (κ3) is 4.44. The van der Waals surface area contributed by atoms with E-state index in [1.165, 1.54) is 4.68 Å². The summed E-state index contributed by atoms with van der Waals surface area (Å²) in [5, 5.41) is 20.3. The van der Waals surface area contributed by atoms with Crippen molar-refractivity contribution >= 4 is 17.5 Å². The fourth-order valence-electron chi connectivity index (χ4n) is 3.69. The van der Waals surface area contributed by atoms with Crippen molar-refractivity contribution in [3.8, 4) is 5.69 Å². The Balaban J connectivity index is 1.43. The summed E-state index contributed by atoms with van der Waals surface area (Å²) in [6.45, 7) is 1.95. The predicted octanol–water partition coefficient (Wildman–Crippen LogP) is 2.65. The molecular formula is C22H25N5O3. The standard InChI is InChI=1S/C22H25N5O3/c1-14-5-4-6-17(13-14)27-22(30)25-21(26-27)23-16-11-9-15(10-12-16)20(29)24-18-7-2-3-8-19(18)28/h4-6,9-13,18-19,28H,2-3,7-8H2,1H3,(H,24,29)(H2,23,25,26,30). The van der Waals surface area contributed by atoms with Gasteiger partial charge < -0.3 is 15.7 Å². The number of carbonyl (C=O) groups excluding carboxylic acids is 1. The quantitative estimate of drug-likeness (QED) is 0.519. The minimum absolute atomic E-state index is 0.195. The Morgan fingerprint density at radius 1 is 1.17 bits per heavy atom. The number of nitrogens with zero attached hydrogens (tertiary/aromatic N) is 2. The van der Waals surface area contributed by atoms with Crippen LogP contribution in [0.2, 0.25) is 0 Å². The third-order valence-corrected chi connectivity index (χ3v) is 5.32. The normalized spacial score (nSPS) is 18.7. The van der Waals surface area contributed by atoms with Crippen LogP contribution in [0.25, 0.3) is 5.69 Å². The van der Waals surface area contributed by atoms with Gasteiger partial charge >= 0.3 is 5.69 Å². The number of carbonyl (C=O) groups is 1. The highest BCUT2D eigenvalue weighted by atomic mass is 16.3. The number of nitrogens with one attached hydrogen (secondary N) is 3. The van der Waals surface area contributed by atoms with Crippen LogP contribution in [0.4, 0.5) is 11.6 Å². The lowest BCUT2D eigenvalue weighted by Gasteiger charge is -2.28. The molecule has 1 aromatic heterocycles. The maximum atomic E-state index is 12.5. The van der Waals surface area contributed by atoms with E-state index in [1.54, 1.807) is 24.3 Å². The molecule has 1 aliphatic carbocycles. The lowest BCUT2D eigenvalue weighted by molar-refractivity contribution is 0.0717. The summed E-state index contributed by atoms with van der Waals surface area (Å²) in [5.74, 6) is 0.105. The molecule has 0 radical (unpaired) electrons. The van der Waals surface area contributed by atoms with Crippen LogP contribution >= 0.6 is 0 Å². The predicted molar refractivity (Wildman–Crippen MR) is 114 cm³/mol. The van der Waals surface area contributed by atoms with Gasteiger partial charge in [-0.2, -0.15) is 4.68 Å². The topological polar surface area (TPSA) is 112 Å². The first-order valence-corrected chi connectivity index (χ1v) is 10.1. The number of aryl methyl sites for hydroxylation is 1. The van der Waals surface area contributed by atoms with Crippen molar-refractivity contribution in [3.63, 3.8) is 0 Å². The molecule has 1 amide bonds. The summed E-state index contributed by atoms with van der Waals surface area (Å²) in [7, 11) is 0. The molecular weight excluding hydrogens is 382 g/mol. The third-order valence-electron chi connectivity index (χ3n) is 5.32. The van der Waals surface area contributed by atoms with Gasteiger partial charge in [0, 0.05) is 11.3 Å². The molecule has 2 unspecified atom stereocenters. The highest BCUT2D eigenvalue weighted by molar-refractivity contribution is 5.94. The number of amides is 1.